The van der Waals surface area contributed by atoms with E-state index in [0.717, 1.165) is 4.90 Å². The lowest BCUT2D eigenvalue weighted by molar-refractivity contribution is -0.149. The highest BCUT2D eigenvalue weighted by Gasteiger charge is 2.32. The maximum absolute atomic E-state index is 13.0. The van der Waals surface area contributed by atoms with Gasteiger partial charge in [-0.05, 0) is 48.9 Å². The number of rotatable bonds is 28. The molecule has 1 amide bonds. The Kier molecular flexibility index (Phi) is 21.7. The van der Waals surface area contributed by atoms with Crippen molar-refractivity contribution in [1.29, 1.82) is 0 Å². The summed E-state index contributed by atoms with van der Waals surface area (Å²) < 4.78 is 42.9. The van der Waals surface area contributed by atoms with Gasteiger partial charge in [0.15, 0.2) is 5.96 Å². The average molecular weight is 737 g/mol. The summed E-state index contributed by atoms with van der Waals surface area (Å²) in [7, 11) is 0. The summed E-state index contributed by atoms with van der Waals surface area (Å²) in [4.78, 5) is 53.3. The second-order valence-corrected chi connectivity index (χ2v) is 10.6. The number of nitrogens with two attached hydrogens (primary N) is 2. The molecule has 0 radical (unpaired) electrons. The van der Waals surface area contributed by atoms with E-state index in [1.54, 1.807) is 24.3 Å². The average Bonchev–Trinajstić information content (AvgIpc) is 3.11. The van der Waals surface area contributed by atoms with Crippen LogP contribution in [0.15, 0.2) is 53.5 Å². The van der Waals surface area contributed by atoms with E-state index in [9.17, 15) is 29.4 Å². The highest BCUT2D eigenvalue weighted by atomic mass is 16.6. The molecule has 0 fully saturated rings. The summed E-state index contributed by atoms with van der Waals surface area (Å²) in [6, 6.07) is 10.4. The highest BCUT2D eigenvalue weighted by molar-refractivity contribution is 5.91. The molecule has 2 aromatic carbocycles. The number of carboxylic acid groups (broad SMARTS) is 2. The zero-order chi connectivity index (χ0) is 38.0. The van der Waals surface area contributed by atoms with E-state index in [4.69, 9.17) is 49.4 Å². The summed E-state index contributed by atoms with van der Waals surface area (Å²) >= 11 is 0. The molecule has 18 nitrogen and oxygen atoms in total. The molecule has 6 N–H and O–H groups in total. The van der Waals surface area contributed by atoms with Gasteiger partial charge in [0.1, 0.15) is 18.4 Å². The Balaban J connectivity index is 1.72. The smallest absolute Gasteiger partial charge is 0.410 e. The van der Waals surface area contributed by atoms with Crippen LogP contribution < -0.4 is 16.2 Å². The predicted molar refractivity (Wildman–Crippen MR) is 184 cm³/mol. The topological polar surface area (TPSA) is 250 Å². The number of guanidine groups is 1. The SMILES string of the molecule is CCOCCOCCOCCOCCOCCOCCN(C(=O)OCc1ccc(OC(=O)c2ccc(N=C(N)N)cc2)cc1)C(CC(=O)O)C(=O)O. The number of esters is 1. The molecule has 0 heterocycles. The lowest BCUT2D eigenvalue weighted by atomic mass is 10.2. The third kappa shape index (κ3) is 18.9. The van der Waals surface area contributed by atoms with Crippen molar-refractivity contribution in [2.75, 3.05) is 85.8 Å². The number of hydrogen-bond donors (Lipinski definition) is 4. The number of nitrogens with zero attached hydrogens (tertiary/aromatic N) is 2. The molecule has 2 rings (SSSR count). The molecule has 18 heteroatoms. The molecule has 0 spiro atoms. The largest absolute Gasteiger partial charge is 0.481 e. The number of aliphatic imine (C=N–C) groups is 1. The summed E-state index contributed by atoms with van der Waals surface area (Å²) in [5, 5.41) is 18.9. The first kappa shape index (κ1) is 43.3. The van der Waals surface area contributed by atoms with E-state index >= 15 is 0 Å². The molecule has 0 aromatic heterocycles. The summed E-state index contributed by atoms with van der Waals surface area (Å²) in [6.45, 7) is 5.74. The molecule has 1 atom stereocenters. The first-order chi connectivity index (χ1) is 25.1. The maximum atomic E-state index is 13.0. The number of carboxylic acids is 2. The second kappa shape index (κ2) is 26.0. The molecule has 2 aromatic rings. The molecular weight excluding hydrogens is 688 g/mol. The number of hydrogen-bond acceptors (Lipinski definition) is 13. The van der Waals surface area contributed by atoms with Crippen molar-refractivity contribution in [3.8, 4) is 5.75 Å². The Labute approximate surface area is 301 Å². The molecule has 288 valence electrons. The van der Waals surface area contributed by atoms with Gasteiger partial charge in [-0.15, -0.1) is 0 Å². The number of ether oxygens (including phenoxy) is 8. The molecule has 52 heavy (non-hydrogen) atoms. The van der Waals surface area contributed by atoms with Crippen molar-refractivity contribution in [2.45, 2.75) is 26.0 Å². The first-order valence-corrected chi connectivity index (χ1v) is 16.5. The fraction of sp³-hybridized carbons (Fsp3) is 0.500. The van der Waals surface area contributed by atoms with Gasteiger partial charge in [0.05, 0.1) is 90.3 Å². The Morgan fingerprint density at radius 1 is 0.712 bits per heavy atom. The van der Waals surface area contributed by atoms with Crippen LogP contribution >= 0.6 is 0 Å². The van der Waals surface area contributed by atoms with Crippen LogP contribution in [0.25, 0.3) is 0 Å². The van der Waals surface area contributed by atoms with Gasteiger partial charge in [-0.25, -0.2) is 19.4 Å². The van der Waals surface area contributed by atoms with Crippen LogP contribution in [0.4, 0.5) is 10.5 Å². The zero-order valence-corrected chi connectivity index (χ0v) is 29.1. The van der Waals surface area contributed by atoms with Crippen LogP contribution in [0, 0.1) is 0 Å². The molecule has 0 aliphatic carbocycles. The molecule has 0 aliphatic rings. The van der Waals surface area contributed by atoms with Gasteiger partial charge >= 0.3 is 24.0 Å². The summed E-state index contributed by atoms with van der Waals surface area (Å²) in [5.41, 5.74) is 11.9. The Morgan fingerprint density at radius 2 is 1.21 bits per heavy atom. The van der Waals surface area contributed by atoms with E-state index in [2.05, 4.69) is 4.99 Å². The minimum absolute atomic E-state index is 0.109. The summed E-state index contributed by atoms with van der Waals surface area (Å²) in [5.74, 6) is -3.46. The predicted octanol–water partition coefficient (Wildman–Crippen LogP) is 1.80. The normalized spacial score (nSPS) is 11.4. The molecule has 0 aliphatic heterocycles. The third-order valence-corrected chi connectivity index (χ3v) is 6.66. The zero-order valence-electron chi connectivity index (χ0n) is 29.1. The molecule has 0 bridgehead atoms. The van der Waals surface area contributed by atoms with Gasteiger partial charge in [0.2, 0.25) is 0 Å². The second-order valence-electron chi connectivity index (χ2n) is 10.6. The minimum atomic E-state index is -1.70. The monoisotopic (exact) mass is 736 g/mol. The minimum Gasteiger partial charge on any atom is -0.481 e. The summed E-state index contributed by atoms with van der Waals surface area (Å²) in [6.07, 6.45) is -1.90. The number of benzene rings is 2. The van der Waals surface area contributed by atoms with E-state index in [0.29, 0.717) is 70.7 Å². The van der Waals surface area contributed by atoms with Crippen molar-refractivity contribution in [1.82, 2.24) is 4.90 Å². The number of carbonyl (C=O) groups is 4. The maximum Gasteiger partial charge on any atom is 0.410 e. The highest BCUT2D eigenvalue weighted by Crippen LogP contribution is 2.18. The van der Waals surface area contributed by atoms with Gasteiger partial charge < -0.3 is 59.6 Å². The van der Waals surface area contributed by atoms with Gasteiger partial charge in [0, 0.05) is 13.2 Å². The van der Waals surface area contributed by atoms with E-state index in [1.165, 1.54) is 24.3 Å². The standard InChI is InChI=1S/C34H48N4O14/c1-2-45-13-14-47-17-18-49-21-22-50-20-19-48-16-15-46-12-11-38(29(31(41)42)23-30(39)40)34(44)51-24-25-3-9-28(10-4-25)52-32(43)26-5-7-27(8-6-26)37-33(35)36/h3-10,29H,2,11-24H2,1H3,(H,39,40)(H,41,42)(H4,35,36,37). The molecular formula is C34H48N4O14. The molecule has 1 unspecified atom stereocenters. The van der Waals surface area contributed by atoms with Crippen LogP contribution in [-0.4, -0.2) is 137 Å². The number of carbonyl (C=O) groups excluding carboxylic acids is 2. The van der Waals surface area contributed by atoms with Crippen molar-refractivity contribution >= 4 is 35.6 Å². The van der Waals surface area contributed by atoms with Crippen LogP contribution in [0.2, 0.25) is 0 Å². The van der Waals surface area contributed by atoms with Crippen LogP contribution in [0.5, 0.6) is 5.75 Å². The lowest BCUT2D eigenvalue weighted by Gasteiger charge is -2.27. The van der Waals surface area contributed by atoms with Crippen molar-refractivity contribution in [3.63, 3.8) is 0 Å². The fourth-order valence-corrected chi connectivity index (χ4v) is 4.15. The van der Waals surface area contributed by atoms with E-state index in [-0.39, 0.29) is 50.2 Å². The van der Waals surface area contributed by atoms with Gasteiger partial charge in [-0.2, -0.15) is 0 Å². The fourth-order valence-electron chi connectivity index (χ4n) is 4.15. The first-order valence-electron chi connectivity index (χ1n) is 16.5. The Hall–Kier alpha value is -4.85. The molecule has 0 saturated heterocycles. The van der Waals surface area contributed by atoms with Gasteiger partial charge in [-0.3, -0.25) is 9.69 Å². The number of amides is 1. The number of aliphatic carboxylic acids is 2. The van der Waals surface area contributed by atoms with Gasteiger partial charge in [-0.1, -0.05) is 12.1 Å². The quantitative estimate of drug-likeness (QED) is 0.0320. The van der Waals surface area contributed by atoms with Crippen molar-refractivity contribution in [2.24, 2.45) is 16.5 Å². The van der Waals surface area contributed by atoms with Crippen LogP contribution in [0.3, 0.4) is 0 Å². The van der Waals surface area contributed by atoms with Crippen molar-refractivity contribution in [3.05, 3.63) is 59.7 Å². The Bertz CT molecular complexity index is 1370. The lowest BCUT2D eigenvalue weighted by Crippen LogP contribution is -2.48. The van der Waals surface area contributed by atoms with Crippen LogP contribution in [-0.2, 0) is 49.4 Å². The third-order valence-electron chi connectivity index (χ3n) is 6.66. The molecule has 0 saturated carbocycles. The Morgan fingerprint density at radius 3 is 1.67 bits per heavy atom. The van der Waals surface area contributed by atoms with E-state index < -0.39 is 36.5 Å². The van der Waals surface area contributed by atoms with E-state index in [1.807, 2.05) is 6.92 Å². The van der Waals surface area contributed by atoms with Crippen molar-refractivity contribution < 1.29 is 67.3 Å². The van der Waals surface area contributed by atoms with Gasteiger partial charge in [0.25, 0.3) is 0 Å². The van der Waals surface area contributed by atoms with Crippen LogP contribution in [0.1, 0.15) is 29.3 Å².